The first kappa shape index (κ1) is 18.6. The zero-order valence-electron chi connectivity index (χ0n) is 16.4. The first-order chi connectivity index (χ1) is 14.7. The van der Waals surface area contributed by atoms with E-state index in [9.17, 15) is 4.79 Å². The summed E-state index contributed by atoms with van der Waals surface area (Å²) >= 11 is 1.35. The monoisotopic (exact) mass is 417 g/mol. The number of amides is 1. The number of carbonyl (C=O) groups excluding carboxylic acids is 1. The summed E-state index contributed by atoms with van der Waals surface area (Å²) in [4.78, 5) is 14.7. The second kappa shape index (κ2) is 7.79. The van der Waals surface area contributed by atoms with Crippen molar-refractivity contribution in [2.24, 2.45) is 0 Å². The molecule has 2 aromatic carbocycles. The molecule has 0 fully saturated rings. The van der Waals surface area contributed by atoms with Crippen LogP contribution in [-0.4, -0.2) is 45.1 Å². The van der Waals surface area contributed by atoms with E-state index in [2.05, 4.69) is 21.4 Å². The van der Waals surface area contributed by atoms with Crippen molar-refractivity contribution in [3.8, 4) is 17.0 Å². The van der Waals surface area contributed by atoms with Gasteiger partial charge in [-0.05, 0) is 42.3 Å². The number of rotatable bonds is 5. The fourth-order valence-corrected chi connectivity index (χ4v) is 4.36. The van der Waals surface area contributed by atoms with Crippen molar-refractivity contribution in [1.29, 1.82) is 0 Å². The van der Waals surface area contributed by atoms with Gasteiger partial charge in [0.15, 0.2) is 5.65 Å². The molecule has 0 saturated heterocycles. The van der Waals surface area contributed by atoms with Crippen LogP contribution < -0.4 is 9.64 Å². The summed E-state index contributed by atoms with van der Waals surface area (Å²) in [5, 5.41) is 13.7. The molecule has 1 aliphatic heterocycles. The number of methoxy groups -OCH3 is 1. The average Bonchev–Trinajstić information content (AvgIpc) is 3.41. The number of anilines is 1. The summed E-state index contributed by atoms with van der Waals surface area (Å²) in [5.74, 6) is 1.11. The number of ether oxygens (including phenoxy) is 1. The maximum Gasteiger partial charge on any atom is 0.237 e. The largest absolute Gasteiger partial charge is 0.497 e. The molecule has 1 aliphatic rings. The molecular weight excluding hydrogens is 398 g/mol. The molecule has 0 saturated carbocycles. The Hall–Kier alpha value is -3.39. The van der Waals surface area contributed by atoms with E-state index < -0.39 is 0 Å². The normalized spacial score (nSPS) is 12.9. The number of para-hydroxylation sites is 1. The minimum absolute atomic E-state index is 0.0608. The molecule has 3 heterocycles. The molecule has 0 N–H and O–H groups in total. The van der Waals surface area contributed by atoms with E-state index in [0.717, 1.165) is 35.7 Å². The molecule has 0 aliphatic carbocycles. The first-order valence-electron chi connectivity index (χ1n) is 9.61. The molecule has 0 spiro atoms. The van der Waals surface area contributed by atoms with Gasteiger partial charge in [-0.1, -0.05) is 42.1 Å². The highest BCUT2D eigenvalue weighted by atomic mass is 32.2. The number of carbonyl (C=O) groups is 1. The highest BCUT2D eigenvalue weighted by Crippen LogP contribution is 2.29. The molecule has 8 heteroatoms. The van der Waals surface area contributed by atoms with Crippen LogP contribution in [0.15, 0.2) is 65.8 Å². The van der Waals surface area contributed by atoms with Gasteiger partial charge < -0.3 is 9.64 Å². The van der Waals surface area contributed by atoms with Gasteiger partial charge in [0.1, 0.15) is 5.75 Å². The van der Waals surface area contributed by atoms with Gasteiger partial charge in [-0.25, -0.2) is 0 Å². The van der Waals surface area contributed by atoms with E-state index in [1.165, 1.54) is 17.3 Å². The van der Waals surface area contributed by atoms with Gasteiger partial charge in [0, 0.05) is 17.8 Å². The molecular formula is C22H19N5O2S. The van der Waals surface area contributed by atoms with Crippen LogP contribution in [0.2, 0.25) is 0 Å². The fraction of sp³-hybridized carbons (Fsp3) is 0.182. The van der Waals surface area contributed by atoms with Crippen molar-refractivity contribution < 1.29 is 9.53 Å². The van der Waals surface area contributed by atoms with Gasteiger partial charge in [0.25, 0.3) is 0 Å². The maximum absolute atomic E-state index is 12.8. The van der Waals surface area contributed by atoms with Crippen LogP contribution in [0.3, 0.4) is 0 Å². The third-order valence-electron chi connectivity index (χ3n) is 5.11. The van der Waals surface area contributed by atoms with E-state index in [4.69, 9.17) is 4.74 Å². The Morgan fingerprint density at radius 2 is 2.00 bits per heavy atom. The second-order valence-corrected chi connectivity index (χ2v) is 7.86. The molecule has 2 aromatic heterocycles. The van der Waals surface area contributed by atoms with Crippen molar-refractivity contribution >= 4 is 29.0 Å². The van der Waals surface area contributed by atoms with E-state index in [0.29, 0.717) is 10.8 Å². The zero-order valence-corrected chi connectivity index (χ0v) is 17.2. The molecule has 0 unspecified atom stereocenters. The second-order valence-electron chi connectivity index (χ2n) is 6.92. The molecule has 0 radical (unpaired) electrons. The third kappa shape index (κ3) is 3.39. The van der Waals surface area contributed by atoms with Crippen LogP contribution in [0.5, 0.6) is 5.75 Å². The lowest BCUT2D eigenvalue weighted by atomic mass is 10.1. The Labute approximate surface area is 177 Å². The lowest BCUT2D eigenvalue weighted by molar-refractivity contribution is -0.116. The van der Waals surface area contributed by atoms with Gasteiger partial charge >= 0.3 is 0 Å². The van der Waals surface area contributed by atoms with Crippen molar-refractivity contribution in [3.63, 3.8) is 0 Å². The third-order valence-corrected chi connectivity index (χ3v) is 6.02. The average molecular weight is 417 g/mol. The molecule has 0 bridgehead atoms. The number of nitrogens with zero attached hydrogens (tertiary/aromatic N) is 5. The van der Waals surface area contributed by atoms with E-state index in [1.807, 2.05) is 59.5 Å². The molecule has 4 aromatic rings. The SMILES string of the molecule is COc1cccc(-c2ccc3nnc(SCC(=O)N4CCc5ccccc54)n3n2)c1. The van der Waals surface area contributed by atoms with Crippen LogP contribution in [0.4, 0.5) is 5.69 Å². The summed E-state index contributed by atoms with van der Waals surface area (Å²) in [6, 6.07) is 19.5. The standard InChI is InChI=1S/C22H19N5O2S/c1-29-17-7-4-6-16(13-17)18-9-10-20-23-24-22(27(20)25-18)30-14-21(28)26-12-11-15-5-2-3-8-19(15)26/h2-10,13H,11-12,14H2,1H3. The van der Waals surface area contributed by atoms with Crippen LogP contribution in [-0.2, 0) is 11.2 Å². The number of hydrogen-bond acceptors (Lipinski definition) is 6. The topological polar surface area (TPSA) is 72.6 Å². The smallest absolute Gasteiger partial charge is 0.237 e. The van der Waals surface area contributed by atoms with Gasteiger partial charge in [-0.3, -0.25) is 4.79 Å². The van der Waals surface area contributed by atoms with Crippen molar-refractivity contribution in [2.75, 3.05) is 24.3 Å². The number of benzene rings is 2. The van der Waals surface area contributed by atoms with Gasteiger partial charge in [0.05, 0.1) is 18.6 Å². The fourth-order valence-electron chi connectivity index (χ4n) is 3.60. The Bertz CT molecular complexity index is 1240. The minimum atomic E-state index is 0.0608. The maximum atomic E-state index is 12.8. The van der Waals surface area contributed by atoms with Crippen molar-refractivity contribution in [3.05, 3.63) is 66.2 Å². The van der Waals surface area contributed by atoms with E-state index >= 15 is 0 Å². The van der Waals surface area contributed by atoms with Gasteiger partial charge in [-0.15, -0.1) is 10.2 Å². The number of fused-ring (bicyclic) bond motifs is 2. The number of hydrogen-bond donors (Lipinski definition) is 0. The Balaban J connectivity index is 1.37. The quantitative estimate of drug-likeness (QED) is 0.463. The predicted molar refractivity (Wildman–Crippen MR) is 116 cm³/mol. The molecule has 1 amide bonds. The van der Waals surface area contributed by atoms with Crippen LogP contribution in [0.25, 0.3) is 16.9 Å². The van der Waals surface area contributed by atoms with Crippen LogP contribution >= 0.6 is 11.8 Å². The molecule has 30 heavy (non-hydrogen) atoms. The molecule has 0 atom stereocenters. The van der Waals surface area contributed by atoms with E-state index in [-0.39, 0.29) is 11.7 Å². The number of thioether (sulfide) groups is 1. The molecule has 5 rings (SSSR count). The molecule has 7 nitrogen and oxygen atoms in total. The highest BCUT2D eigenvalue weighted by Gasteiger charge is 2.24. The Kier molecular flexibility index (Phi) is 4.84. The van der Waals surface area contributed by atoms with Gasteiger partial charge in [-0.2, -0.15) is 9.61 Å². The summed E-state index contributed by atoms with van der Waals surface area (Å²) in [5.41, 5.74) is 4.58. The minimum Gasteiger partial charge on any atom is -0.497 e. The summed E-state index contributed by atoms with van der Waals surface area (Å²) in [7, 11) is 1.64. The number of aromatic nitrogens is 4. The predicted octanol–water partition coefficient (Wildman–Crippen LogP) is 3.48. The lowest BCUT2D eigenvalue weighted by Gasteiger charge is -2.16. The van der Waals surface area contributed by atoms with Crippen molar-refractivity contribution in [2.45, 2.75) is 11.6 Å². The zero-order chi connectivity index (χ0) is 20.5. The van der Waals surface area contributed by atoms with E-state index in [1.54, 1.807) is 11.6 Å². The highest BCUT2D eigenvalue weighted by molar-refractivity contribution is 7.99. The van der Waals surface area contributed by atoms with Crippen molar-refractivity contribution in [1.82, 2.24) is 19.8 Å². The van der Waals surface area contributed by atoms with Crippen LogP contribution in [0, 0.1) is 0 Å². The van der Waals surface area contributed by atoms with Gasteiger partial charge in [0.2, 0.25) is 11.1 Å². The van der Waals surface area contributed by atoms with Crippen LogP contribution in [0.1, 0.15) is 5.56 Å². The molecule has 150 valence electrons. The summed E-state index contributed by atoms with van der Waals surface area (Å²) < 4.78 is 6.99. The lowest BCUT2D eigenvalue weighted by Crippen LogP contribution is -2.30. The summed E-state index contributed by atoms with van der Waals surface area (Å²) in [6.07, 6.45) is 0.895. The summed E-state index contributed by atoms with van der Waals surface area (Å²) in [6.45, 7) is 0.720. The Morgan fingerprint density at radius 1 is 1.10 bits per heavy atom. The Morgan fingerprint density at radius 3 is 2.90 bits per heavy atom. The first-order valence-corrected chi connectivity index (χ1v) is 10.6.